The highest BCUT2D eigenvalue weighted by Crippen LogP contribution is 2.51. The number of nitrogens with zero attached hydrogens (tertiary/aromatic N) is 2. The van der Waals surface area contributed by atoms with Gasteiger partial charge in [0.2, 0.25) is 0 Å². The molecule has 10 rings (SSSR count). The lowest BCUT2D eigenvalue weighted by Crippen LogP contribution is -2.15. The van der Waals surface area contributed by atoms with E-state index in [1.807, 2.05) is 24.3 Å². The first-order chi connectivity index (χ1) is 28.6. The molecule has 0 atom stereocenters. The maximum Gasteiger partial charge on any atom is 0.0991 e. The Kier molecular flexibility index (Phi) is 8.48. The van der Waals surface area contributed by atoms with Crippen molar-refractivity contribution < 1.29 is 0 Å². The molecule has 0 spiro atoms. The number of rotatable bonds is 4. The van der Waals surface area contributed by atoms with E-state index in [9.17, 15) is 5.26 Å². The summed E-state index contributed by atoms with van der Waals surface area (Å²) >= 11 is 0. The van der Waals surface area contributed by atoms with Crippen LogP contribution in [0.15, 0.2) is 181 Å². The summed E-state index contributed by atoms with van der Waals surface area (Å²) < 4.78 is 0. The van der Waals surface area contributed by atoms with E-state index in [0.29, 0.717) is 12.0 Å². The molecule has 2 aliphatic carbocycles. The number of nitriles is 1. The van der Waals surface area contributed by atoms with Crippen molar-refractivity contribution in [1.29, 1.82) is 5.26 Å². The second-order valence-electron chi connectivity index (χ2n) is 17.1. The van der Waals surface area contributed by atoms with Crippen molar-refractivity contribution in [1.82, 2.24) is 0 Å². The molecule has 1 heterocycles. The van der Waals surface area contributed by atoms with Crippen molar-refractivity contribution in [3.05, 3.63) is 232 Å². The highest BCUT2D eigenvalue weighted by atomic mass is 14.8. The fraction of sp³-hybridized carbons (Fsp3) is 0.123. The smallest absolute Gasteiger partial charge is 0.0991 e. The quantitative estimate of drug-likeness (QED) is 0.176. The lowest BCUT2D eigenvalue weighted by Gasteiger charge is -2.23. The largest absolute Gasteiger partial charge is 0.248 e. The maximum atomic E-state index is 9.36. The summed E-state index contributed by atoms with van der Waals surface area (Å²) in [6.45, 7) is 14.0. The highest BCUT2D eigenvalue weighted by Gasteiger charge is 2.37. The van der Waals surface area contributed by atoms with E-state index in [1.54, 1.807) is 0 Å². The molecule has 0 radical (unpaired) electrons. The predicted molar refractivity (Wildman–Crippen MR) is 246 cm³/mol. The van der Waals surface area contributed by atoms with Gasteiger partial charge in [0.15, 0.2) is 0 Å². The van der Waals surface area contributed by atoms with E-state index in [2.05, 4.69) is 186 Å². The maximum absolute atomic E-state index is 9.36. The van der Waals surface area contributed by atoms with Crippen molar-refractivity contribution in [2.45, 2.75) is 44.9 Å². The number of hydrogen-bond acceptors (Lipinski definition) is 2. The van der Waals surface area contributed by atoms with E-state index in [1.165, 1.54) is 55.6 Å². The summed E-state index contributed by atoms with van der Waals surface area (Å²) in [5.74, 6) is 0. The third-order valence-electron chi connectivity index (χ3n) is 13.0. The third kappa shape index (κ3) is 5.97. The molecule has 59 heavy (non-hydrogen) atoms. The first-order valence-corrected chi connectivity index (χ1v) is 20.5. The molecule has 0 fully saturated rings. The zero-order chi connectivity index (χ0) is 40.5. The summed E-state index contributed by atoms with van der Waals surface area (Å²) in [4.78, 5) is 5.46. The molecule has 0 saturated carbocycles. The van der Waals surface area contributed by atoms with Gasteiger partial charge in [0, 0.05) is 22.0 Å². The van der Waals surface area contributed by atoms with Gasteiger partial charge in [-0.1, -0.05) is 174 Å². The molecular weight excluding hydrogens is 713 g/mol. The number of aliphatic imine (C=N–C) groups is 1. The van der Waals surface area contributed by atoms with E-state index < -0.39 is 0 Å². The topological polar surface area (TPSA) is 36.1 Å². The zero-order valence-corrected chi connectivity index (χ0v) is 34.0. The van der Waals surface area contributed by atoms with Crippen LogP contribution in [-0.2, 0) is 10.8 Å². The summed E-state index contributed by atoms with van der Waals surface area (Å²) in [7, 11) is 0. The van der Waals surface area contributed by atoms with Crippen LogP contribution in [0.25, 0.3) is 50.2 Å². The van der Waals surface area contributed by atoms with Gasteiger partial charge in [-0.05, 0) is 120 Å². The first kappa shape index (κ1) is 36.3. The second kappa shape index (κ2) is 13.8. The molecular formula is C57H44N2. The Morgan fingerprint density at radius 1 is 0.492 bits per heavy atom. The summed E-state index contributed by atoms with van der Waals surface area (Å²) in [6.07, 6.45) is 5.38. The lowest BCUT2D eigenvalue weighted by atomic mass is 9.80. The van der Waals surface area contributed by atoms with Gasteiger partial charge in [0.1, 0.15) is 0 Å². The minimum Gasteiger partial charge on any atom is -0.248 e. The van der Waals surface area contributed by atoms with Crippen LogP contribution < -0.4 is 0 Å². The molecule has 0 unspecified atom stereocenters. The van der Waals surface area contributed by atoms with Crippen LogP contribution in [-0.4, -0.2) is 5.71 Å². The fourth-order valence-electron chi connectivity index (χ4n) is 9.73. The van der Waals surface area contributed by atoms with Gasteiger partial charge in [0.05, 0.1) is 23.0 Å². The Morgan fingerprint density at radius 3 is 1.54 bits per heavy atom. The Bertz CT molecular complexity index is 3010. The molecule has 7 aromatic carbocycles. The SMILES string of the molecule is C=C1N=C(c2ccc3c(c2)C(C)(C)c2ccccc2-3)/C=C(/c2ccc(-c3ccc(C#N)cc3)cc2)C/C=C(/c2ccc3c(c2)C(C)(C)c2ccccc2-3)c2ccccc21. The van der Waals surface area contributed by atoms with Gasteiger partial charge < -0.3 is 0 Å². The molecule has 0 N–H and O–H groups in total. The third-order valence-corrected chi connectivity index (χ3v) is 13.0. The van der Waals surface area contributed by atoms with Gasteiger partial charge in [-0.15, -0.1) is 0 Å². The standard InChI is InChI=1S/C57H44N2/c1-36-44-12-6-7-13-46(44)45(42-27-30-49-47-14-8-10-16-51(47)56(2,3)53(49)32-42)29-26-41(40-24-22-39(23-25-40)38-20-18-37(35-58)19-21-38)34-55(59-36)43-28-31-50-48-15-9-11-17-52(48)57(4,5)54(50)33-43/h6-25,27-34H,1,26H2,2-5H3/b41-34+,45-29-,59-55?. The lowest BCUT2D eigenvalue weighted by molar-refractivity contribution is 0.660. The molecule has 2 heteroatoms. The minimum atomic E-state index is -0.140. The van der Waals surface area contributed by atoms with Gasteiger partial charge in [0.25, 0.3) is 0 Å². The van der Waals surface area contributed by atoms with E-state index in [4.69, 9.17) is 4.99 Å². The normalized spacial score (nSPS) is 17.4. The fourth-order valence-corrected chi connectivity index (χ4v) is 9.73. The van der Waals surface area contributed by atoms with E-state index in [0.717, 1.165) is 50.4 Å². The van der Waals surface area contributed by atoms with Crippen LogP contribution >= 0.6 is 0 Å². The molecule has 7 aromatic rings. The number of fused-ring (bicyclic) bond motifs is 7. The minimum absolute atomic E-state index is 0.117. The van der Waals surface area contributed by atoms with Crippen molar-refractivity contribution >= 4 is 22.6 Å². The Morgan fingerprint density at radius 2 is 0.949 bits per heavy atom. The number of hydrogen-bond donors (Lipinski definition) is 0. The molecule has 0 aromatic heterocycles. The molecule has 1 aliphatic heterocycles. The number of allylic oxidation sites excluding steroid dienone is 3. The summed E-state index contributed by atoms with van der Waals surface area (Å²) in [5, 5.41) is 9.36. The average molecular weight is 757 g/mol. The van der Waals surface area contributed by atoms with Crippen LogP contribution in [0, 0.1) is 11.3 Å². The number of benzene rings is 7. The van der Waals surface area contributed by atoms with Crippen LogP contribution in [0.3, 0.4) is 0 Å². The summed E-state index contributed by atoms with van der Waals surface area (Å²) in [6, 6.07) is 58.9. The van der Waals surface area contributed by atoms with Gasteiger partial charge in [-0.25, -0.2) is 4.99 Å². The van der Waals surface area contributed by atoms with Gasteiger partial charge >= 0.3 is 0 Å². The zero-order valence-electron chi connectivity index (χ0n) is 34.0. The average Bonchev–Trinajstić information content (AvgIpc) is 3.64. The molecule has 3 aliphatic rings. The Balaban J connectivity index is 1.14. The summed E-state index contributed by atoms with van der Waals surface area (Å²) in [5.41, 5.74) is 22.7. The Labute approximate surface area is 347 Å². The van der Waals surface area contributed by atoms with Gasteiger partial charge in [-0.3, -0.25) is 0 Å². The molecule has 0 amide bonds. The first-order valence-electron chi connectivity index (χ1n) is 20.5. The van der Waals surface area contributed by atoms with E-state index >= 15 is 0 Å². The molecule has 0 saturated heterocycles. The van der Waals surface area contributed by atoms with E-state index in [-0.39, 0.29) is 10.8 Å². The Hall–Kier alpha value is -7.08. The monoisotopic (exact) mass is 756 g/mol. The molecule has 2 nitrogen and oxygen atoms in total. The highest BCUT2D eigenvalue weighted by molar-refractivity contribution is 6.15. The van der Waals surface area contributed by atoms with Crippen molar-refractivity contribution in [3.63, 3.8) is 0 Å². The molecule has 282 valence electrons. The predicted octanol–water partition coefficient (Wildman–Crippen LogP) is 14.2. The van der Waals surface area contributed by atoms with Gasteiger partial charge in [-0.2, -0.15) is 5.26 Å². The molecule has 0 bridgehead atoms. The van der Waals surface area contributed by atoms with Crippen LogP contribution in [0.2, 0.25) is 0 Å². The van der Waals surface area contributed by atoms with Crippen LogP contribution in [0.1, 0.15) is 89.8 Å². The van der Waals surface area contributed by atoms with Crippen LogP contribution in [0.4, 0.5) is 0 Å². The van der Waals surface area contributed by atoms with Crippen molar-refractivity contribution in [2.75, 3.05) is 0 Å². The second-order valence-corrected chi connectivity index (χ2v) is 17.1. The van der Waals surface area contributed by atoms with Crippen molar-refractivity contribution in [2.24, 2.45) is 4.99 Å². The van der Waals surface area contributed by atoms with Crippen molar-refractivity contribution in [3.8, 4) is 39.4 Å². The van der Waals surface area contributed by atoms with Crippen LogP contribution in [0.5, 0.6) is 0 Å².